The van der Waals surface area contributed by atoms with E-state index >= 15 is 0 Å². The molecule has 3 rings (SSSR count). The number of nitrogens with one attached hydrogen (secondary N) is 1. The zero-order chi connectivity index (χ0) is 30.5. The number of carbonyl (C=O) groups excluding carboxylic acids is 2. The van der Waals surface area contributed by atoms with Crippen LogP contribution in [0.4, 0.5) is 5.88 Å². The third-order valence-electron chi connectivity index (χ3n) is 5.81. The summed E-state index contributed by atoms with van der Waals surface area (Å²) in [6.45, 7) is 26.2. The molecule has 0 atom stereocenters. The van der Waals surface area contributed by atoms with E-state index in [2.05, 4.69) is 79.4 Å². The first-order chi connectivity index (χ1) is 18.8. The molecule has 40 heavy (non-hydrogen) atoms. The van der Waals surface area contributed by atoms with Gasteiger partial charge in [0.25, 0.3) is 5.91 Å². The Labute approximate surface area is 246 Å². The summed E-state index contributed by atoms with van der Waals surface area (Å²) >= 11 is 1.66. The lowest BCUT2D eigenvalue weighted by Gasteiger charge is -2.32. The third-order valence-corrected chi connectivity index (χ3v) is 6.99. The molecular weight excluding hydrogens is 522 g/mol. The van der Waals surface area contributed by atoms with Crippen LogP contribution >= 0.6 is 11.3 Å². The van der Waals surface area contributed by atoms with Crippen molar-refractivity contribution in [2.75, 3.05) is 25.1 Å². The summed E-state index contributed by atoms with van der Waals surface area (Å²) in [6.07, 6.45) is 6.15. The van der Waals surface area contributed by atoms with Gasteiger partial charge in [-0.3, -0.25) is 14.9 Å². The van der Waals surface area contributed by atoms with Gasteiger partial charge in [-0.05, 0) is 24.3 Å². The lowest BCUT2D eigenvalue weighted by molar-refractivity contribution is -0.115. The van der Waals surface area contributed by atoms with Crippen molar-refractivity contribution < 1.29 is 18.8 Å². The Hall–Kier alpha value is -2.71. The molecule has 0 aliphatic carbocycles. The number of hydrogen-bond donors (Lipinski definition) is 1. The van der Waals surface area contributed by atoms with Crippen LogP contribution in [0.3, 0.4) is 0 Å². The highest BCUT2D eigenvalue weighted by molar-refractivity contribution is 7.10. The van der Waals surface area contributed by atoms with Gasteiger partial charge in [-0.1, -0.05) is 93.0 Å². The van der Waals surface area contributed by atoms with Crippen molar-refractivity contribution in [1.82, 2.24) is 10.1 Å². The van der Waals surface area contributed by atoms with E-state index in [-0.39, 0.29) is 17.1 Å². The number of ketones is 1. The van der Waals surface area contributed by atoms with Gasteiger partial charge in [0.1, 0.15) is 0 Å². The normalized spacial score (nSPS) is 13.8. The molecule has 1 aliphatic heterocycles. The maximum Gasteiger partial charge on any atom is 0.259 e. The number of ether oxygens (including phenoxy) is 1. The molecule has 0 saturated carbocycles. The standard InChI is InChI=1S/C17H24N2O2S.C12H19NO2.C3H8/c1-6-8-11-12(10-22-13(11)7-2)16(20)18-15-9-14(19-21-15)17(3,4)5;1-9(2)7-12(11(4)14)13-5-6-15-8-10(13)3;1-3-2/h9-10H,6-8H2,1-5H3,(H,18,20);7,9H,3,5-6,8H2,1-2,4H3;3H2,1-2H3/b;12-7-;. The molecule has 8 heteroatoms. The van der Waals surface area contributed by atoms with Crippen molar-refractivity contribution in [3.8, 4) is 0 Å². The second-order valence-corrected chi connectivity index (χ2v) is 12.2. The number of morpholine rings is 1. The van der Waals surface area contributed by atoms with Crippen molar-refractivity contribution in [3.05, 3.63) is 57.2 Å². The lowest BCUT2D eigenvalue weighted by atomic mass is 9.92. The highest BCUT2D eigenvalue weighted by Gasteiger charge is 2.22. The van der Waals surface area contributed by atoms with Crippen LogP contribution in [-0.4, -0.2) is 41.5 Å². The topological polar surface area (TPSA) is 84.7 Å². The molecule has 2 aromatic rings. The van der Waals surface area contributed by atoms with E-state index in [0.717, 1.165) is 48.5 Å². The Morgan fingerprint density at radius 1 is 1.23 bits per heavy atom. The summed E-state index contributed by atoms with van der Waals surface area (Å²) in [5.74, 6) is 0.740. The molecule has 0 aromatic carbocycles. The minimum atomic E-state index is -0.115. The molecule has 3 heterocycles. The Morgan fingerprint density at radius 3 is 2.35 bits per heavy atom. The molecule has 0 unspecified atom stereocenters. The van der Waals surface area contributed by atoms with Gasteiger partial charge in [0, 0.05) is 40.9 Å². The SMILES string of the molecule is C=C1COCCN1/C(=C\C(C)C)C(C)=O.CCC.CCCc1c(C(=O)Nc2cc(C(C)(C)C)no2)csc1CC. The fraction of sp³-hybridized carbons (Fsp3) is 0.594. The predicted octanol–water partition coefficient (Wildman–Crippen LogP) is 8.18. The van der Waals surface area contributed by atoms with Crippen molar-refractivity contribution in [1.29, 1.82) is 0 Å². The molecule has 7 nitrogen and oxygen atoms in total. The van der Waals surface area contributed by atoms with Crippen molar-refractivity contribution >= 4 is 28.9 Å². The fourth-order valence-corrected chi connectivity index (χ4v) is 4.92. The summed E-state index contributed by atoms with van der Waals surface area (Å²) in [5, 5.41) is 8.80. The first-order valence-electron chi connectivity index (χ1n) is 14.4. The maximum absolute atomic E-state index is 12.5. The van der Waals surface area contributed by atoms with Gasteiger partial charge in [-0.15, -0.1) is 11.3 Å². The minimum absolute atomic E-state index is 0.0896. The van der Waals surface area contributed by atoms with Gasteiger partial charge in [0.05, 0.1) is 30.2 Å². The average molecular weight is 574 g/mol. The summed E-state index contributed by atoms with van der Waals surface area (Å²) in [6, 6.07) is 1.80. The van der Waals surface area contributed by atoms with Crippen LogP contribution in [0, 0.1) is 5.92 Å². The molecule has 1 N–H and O–H groups in total. The number of thiophene rings is 1. The highest BCUT2D eigenvalue weighted by Crippen LogP contribution is 2.27. The first-order valence-corrected chi connectivity index (χ1v) is 15.3. The Bertz CT molecular complexity index is 1120. The van der Waals surface area contributed by atoms with E-state index in [1.807, 2.05) is 16.4 Å². The zero-order valence-corrected chi connectivity index (χ0v) is 27.2. The van der Waals surface area contributed by atoms with E-state index in [1.165, 1.54) is 16.9 Å². The van der Waals surface area contributed by atoms with Gasteiger partial charge in [0.2, 0.25) is 5.88 Å². The van der Waals surface area contributed by atoms with Crippen LogP contribution in [0.2, 0.25) is 0 Å². The fourth-order valence-electron chi connectivity index (χ4n) is 3.89. The number of hydrogen-bond acceptors (Lipinski definition) is 7. The van der Waals surface area contributed by atoms with Crippen LogP contribution in [0.15, 0.2) is 40.0 Å². The Kier molecular flexibility index (Phi) is 15.2. The van der Waals surface area contributed by atoms with E-state index in [4.69, 9.17) is 9.26 Å². The minimum Gasteiger partial charge on any atom is -0.373 e. The average Bonchev–Trinajstić information content (AvgIpc) is 3.51. The van der Waals surface area contributed by atoms with Gasteiger partial charge >= 0.3 is 0 Å². The highest BCUT2D eigenvalue weighted by atomic mass is 32.1. The lowest BCUT2D eigenvalue weighted by Crippen LogP contribution is -2.35. The number of anilines is 1. The van der Waals surface area contributed by atoms with E-state index < -0.39 is 0 Å². The summed E-state index contributed by atoms with van der Waals surface area (Å²) < 4.78 is 10.5. The molecule has 0 bridgehead atoms. The van der Waals surface area contributed by atoms with Crippen LogP contribution in [0.1, 0.15) is 109 Å². The number of nitrogens with zero attached hydrogens (tertiary/aromatic N) is 2. The summed E-state index contributed by atoms with van der Waals surface area (Å²) in [7, 11) is 0. The Morgan fingerprint density at radius 2 is 1.88 bits per heavy atom. The second kappa shape index (κ2) is 17.2. The maximum atomic E-state index is 12.5. The number of aromatic nitrogens is 1. The van der Waals surface area contributed by atoms with Gasteiger partial charge in [-0.25, -0.2) is 0 Å². The van der Waals surface area contributed by atoms with Gasteiger partial charge in [0.15, 0.2) is 5.78 Å². The number of Topliss-reactive ketones (excluding diaryl/α,β-unsaturated/α-hetero) is 1. The van der Waals surface area contributed by atoms with Crippen LogP contribution < -0.4 is 5.32 Å². The van der Waals surface area contributed by atoms with E-state index in [9.17, 15) is 9.59 Å². The van der Waals surface area contributed by atoms with Gasteiger partial charge < -0.3 is 14.2 Å². The largest absolute Gasteiger partial charge is 0.373 e. The molecular formula is C32H51N3O4S. The van der Waals surface area contributed by atoms with Crippen molar-refractivity contribution in [2.24, 2.45) is 5.92 Å². The van der Waals surface area contributed by atoms with E-state index in [1.54, 1.807) is 24.3 Å². The first kappa shape index (κ1) is 35.3. The Balaban J connectivity index is 0.000000386. The van der Waals surface area contributed by atoms with Crippen LogP contribution in [0.5, 0.6) is 0 Å². The molecule has 224 valence electrons. The smallest absolute Gasteiger partial charge is 0.259 e. The third kappa shape index (κ3) is 11.0. The van der Waals surface area contributed by atoms with Crippen LogP contribution in [-0.2, 0) is 27.8 Å². The molecule has 2 aromatic heterocycles. The van der Waals surface area contributed by atoms with Gasteiger partial charge in [-0.2, -0.15) is 0 Å². The molecule has 0 radical (unpaired) electrons. The number of rotatable bonds is 8. The summed E-state index contributed by atoms with van der Waals surface area (Å²) in [4.78, 5) is 27.3. The molecule has 1 saturated heterocycles. The number of carbonyl (C=O) groups is 2. The number of aryl methyl sites for hydroxylation is 1. The molecule has 1 amide bonds. The molecule has 1 fully saturated rings. The van der Waals surface area contributed by atoms with Crippen molar-refractivity contribution in [2.45, 2.75) is 100 Å². The van der Waals surface area contributed by atoms with Crippen molar-refractivity contribution in [3.63, 3.8) is 0 Å². The monoisotopic (exact) mass is 573 g/mol. The van der Waals surface area contributed by atoms with E-state index in [0.29, 0.717) is 25.0 Å². The predicted molar refractivity (Wildman–Crippen MR) is 167 cm³/mol. The number of amides is 1. The zero-order valence-electron chi connectivity index (χ0n) is 26.4. The number of allylic oxidation sites excluding steroid dienone is 2. The van der Waals surface area contributed by atoms with Crippen LogP contribution in [0.25, 0.3) is 0 Å². The quantitative estimate of drug-likeness (QED) is 0.321. The molecule has 1 aliphatic rings. The summed E-state index contributed by atoms with van der Waals surface area (Å²) in [5.41, 5.74) is 4.27. The second-order valence-electron chi connectivity index (χ2n) is 11.3. The molecule has 0 spiro atoms.